The van der Waals surface area contributed by atoms with Gasteiger partial charge in [0, 0.05) is 37.3 Å². The predicted molar refractivity (Wildman–Crippen MR) is 96.7 cm³/mol. The Labute approximate surface area is 164 Å². The summed E-state index contributed by atoms with van der Waals surface area (Å²) < 4.78 is 20.8. The quantitative estimate of drug-likeness (QED) is 0.564. The first kappa shape index (κ1) is 20.0. The van der Waals surface area contributed by atoms with Crippen LogP contribution in [-0.2, 0) is 19.1 Å². The van der Waals surface area contributed by atoms with Gasteiger partial charge in [0.05, 0.1) is 5.56 Å². The van der Waals surface area contributed by atoms with Crippen LogP contribution >= 0.6 is 0 Å². The van der Waals surface area contributed by atoms with Crippen LogP contribution in [0.1, 0.15) is 54.2 Å². The number of esters is 3. The number of allylic oxidation sites excluding steroid dienone is 2. The fourth-order valence-corrected chi connectivity index (χ4v) is 3.06. The third-order valence-electron chi connectivity index (χ3n) is 4.19. The molecule has 0 saturated heterocycles. The maximum Gasteiger partial charge on any atom is 0.308 e. The van der Waals surface area contributed by atoms with Crippen LogP contribution in [0, 0.1) is 6.92 Å². The molecule has 0 bridgehead atoms. The van der Waals surface area contributed by atoms with E-state index in [1.165, 1.54) is 26.8 Å². The number of hydrogen-bond acceptors (Lipinski definition) is 9. The highest BCUT2D eigenvalue weighted by molar-refractivity contribution is 6.29. The topological polar surface area (TPSA) is 126 Å². The minimum Gasteiger partial charge on any atom is -0.451 e. The summed E-state index contributed by atoms with van der Waals surface area (Å²) in [7, 11) is 0. The maximum absolute atomic E-state index is 13.0. The molecule has 0 aliphatic heterocycles. The molecule has 1 aliphatic carbocycles. The molecule has 0 spiro atoms. The standard InChI is InChI=1S/C20H16O9/c1-7-15(24)20-14(16(25)19(7)28-11(5)23)12-6-13(26-9(3)21)18(27-10(4)22)8(2)17(12)29-20/h6H,1-5H3. The molecule has 150 valence electrons. The maximum atomic E-state index is 13.0. The first-order valence-electron chi connectivity index (χ1n) is 8.48. The number of hydrogen-bond donors (Lipinski definition) is 0. The summed E-state index contributed by atoms with van der Waals surface area (Å²) in [6, 6.07) is 1.27. The van der Waals surface area contributed by atoms with Crippen LogP contribution in [-0.4, -0.2) is 29.5 Å². The van der Waals surface area contributed by atoms with Crippen molar-refractivity contribution in [2.75, 3.05) is 0 Å². The van der Waals surface area contributed by atoms with E-state index < -0.39 is 35.2 Å². The summed E-state index contributed by atoms with van der Waals surface area (Å²) in [6.07, 6.45) is 0. The van der Waals surface area contributed by atoms with Crippen LogP contribution in [0.15, 0.2) is 21.8 Å². The first-order chi connectivity index (χ1) is 13.5. The number of ketones is 2. The third kappa shape index (κ3) is 3.31. The Morgan fingerprint density at radius 3 is 2.00 bits per heavy atom. The second kappa shape index (κ2) is 7.01. The molecule has 1 aliphatic rings. The Kier molecular flexibility index (Phi) is 4.83. The van der Waals surface area contributed by atoms with Gasteiger partial charge in [-0.05, 0) is 19.9 Å². The molecule has 1 aromatic carbocycles. The van der Waals surface area contributed by atoms with Crippen molar-refractivity contribution < 1.29 is 42.6 Å². The molecular weight excluding hydrogens is 384 g/mol. The van der Waals surface area contributed by atoms with Crippen LogP contribution in [0.4, 0.5) is 0 Å². The lowest BCUT2D eigenvalue weighted by atomic mass is 9.92. The van der Waals surface area contributed by atoms with Crippen LogP contribution in [0.25, 0.3) is 11.0 Å². The van der Waals surface area contributed by atoms with Crippen LogP contribution < -0.4 is 9.47 Å². The zero-order valence-corrected chi connectivity index (χ0v) is 16.3. The van der Waals surface area contributed by atoms with E-state index in [1.807, 2.05) is 0 Å². The van der Waals surface area contributed by atoms with E-state index in [9.17, 15) is 24.0 Å². The van der Waals surface area contributed by atoms with Crippen LogP contribution in [0.2, 0.25) is 0 Å². The number of ether oxygens (including phenoxy) is 3. The van der Waals surface area contributed by atoms with E-state index in [4.69, 9.17) is 18.6 Å². The summed E-state index contributed by atoms with van der Waals surface area (Å²) >= 11 is 0. The highest BCUT2D eigenvalue weighted by Crippen LogP contribution is 2.43. The van der Waals surface area contributed by atoms with Crippen molar-refractivity contribution in [3.8, 4) is 11.5 Å². The van der Waals surface area contributed by atoms with Gasteiger partial charge in [0.25, 0.3) is 0 Å². The minimum absolute atomic E-state index is 0.0731. The molecule has 0 amide bonds. The van der Waals surface area contributed by atoms with Crippen molar-refractivity contribution in [3.63, 3.8) is 0 Å². The van der Waals surface area contributed by atoms with Crippen LogP contribution in [0.3, 0.4) is 0 Å². The predicted octanol–water partition coefficient (Wildman–Crippen LogP) is 2.81. The molecular formula is C20H16O9. The number of carbonyl (C=O) groups excluding carboxylic acids is 5. The lowest BCUT2D eigenvalue weighted by molar-refractivity contribution is -0.136. The van der Waals surface area contributed by atoms with Crippen molar-refractivity contribution in [3.05, 3.63) is 34.3 Å². The molecule has 0 radical (unpaired) electrons. The van der Waals surface area contributed by atoms with Gasteiger partial charge in [0.2, 0.25) is 11.6 Å². The number of carbonyl (C=O) groups is 5. The average molecular weight is 400 g/mol. The first-order valence-corrected chi connectivity index (χ1v) is 8.48. The molecule has 9 nitrogen and oxygen atoms in total. The highest BCUT2D eigenvalue weighted by Gasteiger charge is 2.38. The van der Waals surface area contributed by atoms with Gasteiger partial charge in [-0.15, -0.1) is 0 Å². The van der Waals surface area contributed by atoms with E-state index in [1.54, 1.807) is 0 Å². The summed E-state index contributed by atoms with van der Waals surface area (Å²) in [5.74, 6) is -4.30. The number of fused-ring (bicyclic) bond motifs is 3. The largest absolute Gasteiger partial charge is 0.451 e. The fourth-order valence-electron chi connectivity index (χ4n) is 3.06. The van der Waals surface area contributed by atoms with Crippen molar-refractivity contribution in [1.82, 2.24) is 0 Å². The minimum atomic E-state index is -0.759. The third-order valence-corrected chi connectivity index (χ3v) is 4.19. The smallest absolute Gasteiger partial charge is 0.308 e. The van der Waals surface area contributed by atoms with Crippen LogP contribution in [0.5, 0.6) is 11.5 Å². The zero-order valence-electron chi connectivity index (χ0n) is 16.3. The van der Waals surface area contributed by atoms with Crippen molar-refractivity contribution in [2.45, 2.75) is 34.6 Å². The number of furan rings is 1. The number of benzene rings is 1. The second-order valence-corrected chi connectivity index (χ2v) is 6.41. The van der Waals surface area contributed by atoms with E-state index in [0.29, 0.717) is 0 Å². The second-order valence-electron chi connectivity index (χ2n) is 6.41. The molecule has 3 rings (SSSR count). The monoisotopic (exact) mass is 400 g/mol. The Morgan fingerprint density at radius 1 is 0.862 bits per heavy atom. The molecule has 0 N–H and O–H groups in total. The van der Waals surface area contributed by atoms with Gasteiger partial charge < -0.3 is 18.6 Å². The Balaban J connectivity index is 2.32. The Morgan fingerprint density at radius 2 is 1.45 bits per heavy atom. The summed E-state index contributed by atoms with van der Waals surface area (Å²) in [4.78, 5) is 60.0. The van der Waals surface area contributed by atoms with Gasteiger partial charge in [-0.1, -0.05) is 0 Å². The number of Topliss-reactive ketones (excluding diaryl/α,β-unsaturated/α-hetero) is 2. The lowest BCUT2D eigenvalue weighted by Gasteiger charge is -2.14. The number of rotatable bonds is 3. The Hall–Kier alpha value is -3.75. The molecule has 0 fully saturated rings. The SMILES string of the molecule is CC(=O)OC1=C(C)C(=O)c2oc3c(C)c(OC(C)=O)c(OC(C)=O)cc3c2C1=O. The molecule has 1 heterocycles. The Bertz CT molecular complexity index is 1160. The van der Waals surface area contributed by atoms with E-state index in [2.05, 4.69) is 0 Å². The highest BCUT2D eigenvalue weighted by atomic mass is 16.6. The van der Waals surface area contributed by atoms with E-state index in [0.717, 1.165) is 13.8 Å². The fraction of sp³-hybridized carbons (Fsp3) is 0.250. The summed E-state index contributed by atoms with van der Waals surface area (Å²) in [5, 5.41) is 0.153. The zero-order chi connectivity index (χ0) is 21.6. The molecule has 0 saturated carbocycles. The molecule has 9 heteroatoms. The van der Waals surface area contributed by atoms with Gasteiger partial charge in [-0.25, -0.2) is 0 Å². The van der Waals surface area contributed by atoms with Gasteiger partial charge in [0.1, 0.15) is 5.58 Å². The average Bonchev–Trinajstić information content (AvgIpc) is 2.99. The van der Waals surface area contributed by atoms with Crippen molar-refractivity contribution >= 4 is 40.4 Å². The van der Waals surface area contributed by atoms with Crippen molar-refractivity contribution in [2.24, 2.45) is 0 Å². The molecule has 1 aromatic heterocycles. The van der Waals surface area contributed by atoms with Gasteiger partial charge in [-0.3, -0.25) is 24.0 Å². The van der Waals surface area contributed by atoms with Gasteiger partial charge in [0.15, 0.2) is 23.0 Å². The molecule has 0 unspecified atom stereocenters. The number of aryl methyl sites for hydroxylation is 1. The van der Waals surface area contributed by atoms with E-state index >= 15 is 0 Å². The molecule has 29 heavy (non-hydrogen) atoms. The van der Waals surface area contributed by atoms with Gasteiger partial charge >= 0.3 is 17.9 Å². The normalized spacial score (nSPS) is 13.4. The van der Waals surface area contributed by atoms with Gasteiger partial charge in [-0.2, -0.15) is 0 Å². The van der Waals surface area contributed by atoms with E-state index in [-0.39, 0.29) is 44.9 Å². The molecule has 2 aromatic rings. The summed E-state index contributed by atoms with van der Waals surface area (Å²) in [6.45, 7) is 6.29. The lowest BCUT2D eigenvalue weighted by Crippen LogP contribution is -2.22. The molecule has 0 atom stereocenters. The van der Waals surface area contributed by atoms with Crippen molar-refractivity contribution in [1.29, 1.82) is 0 Å². The summed E-state index contributed by atoms with van der Waals surface area (Å²) in [5.41, 5.74) is 0.143.